The van der Waals surface area contributed by atoms with Crippen LogP contribution in [0.2, 0.25) is 0 Å². The summed E-state index contributed by atoms with van der Waals surface area (Å²) >= 11 is 0. The molecule has 0 saturated heterocycles. The first kappa shape index (κ1) is 8.18. The van der Waals surface area contributed by atoms with Crippen LogP contribution in [-0.4, -0.2) is 28.0 Å². The number of anilines is 1. The van der Waals surface area contributed by atoms with E-state index in [1.54, 1.807) is 0 Å². The average molecular weight is 169 g/mol. The second-order valence-corrected chi connectivity index (χ2v) is 1.86. The predicted octanol–water partition coefficient (Wildman–Crippen LogP) is -1.08. The van der Waals surface area contributed by atoms with Gasteiger partial charge in [-0.25, -0.2) is 14.6 Å². The average Bonchev–Trinajstić information content (AvgIpc) is 2.04. The van der Waals surface area contributed by atoms with Crippen LogP contribution in [0.3, 0.4) is 0 Å². The maximum absolute atomic E-state index is 10.7. The minimum absolute atomic E-state index is 0.0642. The summed E-state index contributed by atoms with van der Waals surface area (Å²) in [6, 6.07) is -0.454. The van der Waals surface area contributed by atoms with E-state index < -0.39 is 11.7 Å². The first-order valence-electron chi connectivity index (χ1n) is 3.12. The van der Waals surface area contributed by atoms with Crippen molar-refractivity contribution < 1.29 is 4.79 Å². The maximum atomic E-state index is 10.7. The van der Waals surface area contributed by atoms with Gasteiger partial charge >= 0.3 is 11.7 Å². The standard InChI is InChI=1S/C5H7N5O2/c1-6-4(11)9-3-7-2-8-5(12)10-3/h2H,1H3,(H3,6,7,8,9,10,11,12). The molecule has 1 aromatic rings. The van der Waals surface area contributed by atoms with Crippen LogP contribution in [0, 0.1) is 0 Å². The van der Waals surface area contributed by atoms with Crippen molar-refractivity contribution in [3.05, 3.63) is 16.8 Å². The molecule has 0 spiro atoms. The molecule has 0 fully saturated rings. The number of carbonyl (C=O) groups is 1. The summed E-state index contributed by atoms with van der Waals surface area (Å²) in [5.74, 6) is 0.0642. The number of aromatic amines is 1. The molecule has 2 amide bonds. The zero-order valence-corrected chi connectivity index (χ0v) is 6.29. The molecule has 7 nitrogen and oxygen atoms in total. The Bertz CT molecular complexity index is 333. The van der Waals surface area contributed by atoms with Crippen LogP contribution in [0.5, 0.6) is 0 Å². The van der Waals surface area contributed by atoms with Crippen LogP contribution in [0.15, 0.2) is 11.1 Å². The third-order valence-electron chi connectivity index (χ3n) is 1.05. The number of urea groups is 1. The number of H-pyrrole nitrogens is 1. The number of nitrogens with one attached hydrogen (secondary N) is 3. The molecule has 0 aliphatic rings. The Hall–Kier alpha value is -1.92. The second kappa shape index (κ2) is 3.46. The Labute approximate surface area is 67.2 Å². The highest BCUT2D eigenvalue weighted by molar-refractivity contribution is 5.86. The smallest absolute Gasteiger partial charge is 0.341 e. The van der Waals surface area contributed by atoms with E-state index in [4.69, 9.17) is 0 Å². The highest BCUT2D eigenvalue weighted by Crippen LogP contribution is 1.87. The quantitative estimate of drug-likeness (QED) is 0.497. The summed E-state index contributed by atoms with van der Waals surface area (Å²) in [6.45, 7) is 0. The van der Waals surface area contributed by atoms with Gasteiger partial charge < -0.3 is 5.32 Å². The van der Waals surface area contributed by atoms with Gasteiger partial charge in [0.05, 0.1) is 0 Å². The molecular formula is C5H7N5O2. The number of amides is 2. The van der Waals surface area contributed by atoms with Gasteiger partial charge in [-0.15, -0.1) is 0 Å². The molecule has 1 rings (SSSR count). The number of hydrogen-bond acceptors (Lipinski definition) is 4. The molecular weight excluding hydrogens is 162 g/mol. The Kier molecular flexibility index (Phi) is 2.36. The predicted molar refractivity (Wildman–Crippen MR) is 40.7 cm³/mol. The summed E-state index contributed by atoms with van der Waals surface area (Å²) < 4.78 is 0. The summed E-state index contributed by atoms with van der Waals surface area (Å²) in [6.07, 6.45) is 1.06. The molecule has 0 radical (unpaired) electrons. The fraction of sp³-hybridized carbons (Fsp3) is 0.200. The van der Waals surface area contributed by atoms with Crippen LogP contribution in [0.1, 0.15) is 0 Å². The lowest BCUT2D eigenvalue weighted by Crippen LogP contribution is -2.27. The van der Waals surface area contributed by atoms with Gasteiger partial charge in [-0.3, -0.25) is 10.3 Å². The van der Waals surface area contributed by atoms with Crippen molar-refractivity contribution in [1.29, 1.82) is 0 Å². The normalized spacial score (nSPS) is 9.08. The van der Waals surface area contributed by atoms with Crippen LogP contribution in [0.4, 0.5) is 10.7 Å². The van der Waals surface area contributed by atoms with Crippen molar-refractivity contribution in [2.24, 2.45) is 0 Å². The van der Waals surface area contributed by atoms with Crippen molar-refractivity contribution in [2.45, 2.75) is 0 Å². The van der Waals surface area contributed by atoms with Gasteiger partial charge in [-0.1, -0.05) is 0 Å². The SMILES string of the molecule is CNC(=O)Nc1ncnc(=O)[nH]1. The number of carbonyl (C=O) groups excluding carboxylic acids is 1. The zero-order valence-electron chi connectivity index (χ0n) is 6.29. The van der Waals surface area contributed by atoms with Crippen LogP contribution in [0.25, 0.3) is 0 Å². The molecule has 64 valence electrons. The number of rotatable bonds is 1. The summed E-state index contributed by atoms with van der Waals surface area (Å²) in [4.78, 5) is 30.4. The first-order valence-corrected chi connectivity index (χ1v) is 3.12. The van der Waals surface area contributed by atoms with Crippen LogP contribution < -0.4 is 16.3 Å². The molecule has 1 aromatic heterocycles. The van der Waals surface area contributed by atoms with Crippen LogP contribution in [-0.2, 0) is 0 Å². The Morgan fingerprint density at radius 3 is 2.92 bits per heavy atom. The number of hydrogen-bond donors (Lipinski definition) is 3. The van der Waals surface area contributed by atoms with Crippen molar-refractivity contribution in [1.82, 2.24) is 20.3 Å². The lowest BCUT2D eigenvalue weighted by Gasteiger charge is -2.00. The molecule has 3 N–H and O–H groups in total. The summed E-state index contributed by atoms with van der Waals surface area (Å²) in [5.41, 5.74) is -0.559. The third-order valence-corrected chi connectivity index (χ3v) is 1.05. The van der Waals surface area contributed by atoms with Crippen molar-refractivity contribution in [3.8, 4) is 0 Å². The third kappa shape index (κ3) is 2.04. The first-order chi connectivity index (χ1) is 5.72. The van der Waals surface area contributed by atoms with E-state index >= 15 is 0 Å². The van der Waals surface area contributed by atoms with Gasteiger partial charge in [0.25, 0.3) is 0 Å². The van der Waals surface area contributed by atoms with Crippen molar-refractivity contribution in [2.75, 3.05) is 12.4 Å². The molecule has 0 aliphatic heterocycles. The van der Waals surface area contributed by atoms with E-state index in [1.807, 2.05) is 0 Å². The second-order valence-electron chi connectivity index (χ2n) is 1.86. The monoisotopic (exact) mass is 169 g/mol. The largest absolute Gasteiger partial charge is 0.349 e. The van der Waals surface area contributed by atoms with Gasteiger partial charge in [0.2, 0.25) is 5.95 Å². The zero-order chi connectivity index (χ0) is 8.97. The number of nitrogens with zero attached hydrogens (tertiary/aromatic N) is 2. The van der Waals surface area contributed by atoms with Gasteiger partial charge in [-0.2, -0.15) is 4.98 Å². The van der Waals surface area contributed by atoms with Crippen molar-refractivity contribution >= 4 is 12.0 Å². The molecule has 12 heavy (non-hydrogen) atoms. The molecule has 0 saturated carbocycles. The lowest BCUT2D eigenvalue weighted by atomic mass is 10.8. The molecule has 0 atom stereocenters. The van der Waals surface area contributed by atoms with E-state index in [0.29, 0.717) is 0 Å². The van der Waals surface area contributed by atoms with Gasteiger partial charge in [0.15, 0.2) is 0 Å². The fourth-order valence-corrected chi connectivity index (χ4v) is 0.538. The fourth-order valence-electron chi connectivity index (χ4n) is 0.538. The highest BCUT2D eigenvalue weighted by Gasteiger charge is 1.98. The van der Waals surface area contributed by atoms with Crippen molar-refractivity contribution in [3.63, 3.8) is 0 Å². The summed E-state index contributed by atoms with van der Waals surface area (Å²) in [5, 5.41) is 4.58. The molecule has 0 unspecified atom stereocenters. The minimum Gasteiger partial charge on any atom is -0.341 e. The van der Waals surface area contributed by atoms with E-state index in [1.165, 1.54) is 7.05 Å². The Balaban J connectivity index is 2.76. The lowest BCUT2D eigenvalue weighted by molar-refractivity contribution is 0.254. The number of aromatic nitrogens is 3. The van der Waals surface area contributed by atoms with Gasteiger partial charge in [0, 0.05) is 7.05 Å². The van der Waals surface area contributed by atoms with E-state index in [9.17, 15) is 9.59 Å². The van der Waals surface area contributed by atoms with Crippen LogP contribution >= 0.6 is 0 Å². The molecule has 0 bridgehead atoms. The molecule has 0 aliphatic carbocycles. The molecule has 7 heteroatoms. The molecule has 0 aromatic carbocycles. The van der Waals surface area contributed by atoms with Gasteiger partial charge in [-0.05, 0) is 0 Å². The van der Waals surface area contributed by atoms with Gasteiger partial charge in [0.1, 0.15) is 6.33 Å². The van der Waals surface area contributed by atoms with E-state index in [0.717, 1.165) is 6.33 Å². The van der Waals surface area contributed by atoms with E-state index in [-0.39, 0.29) is 5.95 Å². The molecule has 1 heterocycles. The topological polar surface area (TPSA) is 99.8 Å². The highest BCUT2D eigenvalue weighted by atomic mass is 16.2. The summed E-state index contributed by atoms with van der Waals surface area (Å²) in [7, 11) is 1.45. The minimum atomic E-state index is -0.559. The maximum Gasteiger partial charge on any atom is 0.349 e. The Morgan fingerprint density at radius 1 is 1.58 bits per heavy atom. The Morgan fingerprint density at radius 2 is 2.33 bits per heavy atom. The van der Waals surface area contributed by atoms with E-state index in [2.05, 4.69) is 25.6 Å².